The smallest absolute Gasteiger partial charge is 0.177 e. The lowest BCUT2D eigenvalue weighted by Crippen LogP contribution is -2.26. The van der Waals surface area contributed by atoms with Crippen LogP contribution in [0.1, 0.15) is 22.3 Å². The summed E-state index contributed by atoms with van der Waals surface area (Å²) in [7, 11) is 0. The van der Waals surface area contributed by atoms with Gasteiger partial charge in [0.05, 0.1) is 5.41 Å². The average Bonchev–Trinajstić information content (AvgIpc) is 3.97. The van der Waals surface area contributed by atoms with Crippen molar-refractivity contribution in [1.82, 2.24) is 4.98 Å². The van der Waals surface area contributed by atoms with Crippen molar-refractivity contribution in [1.29, 1.82) is 0 Å². The van der Waals surface area contributed by atoms with Crippen LogP contribution in [-0.4, -0.2) is 4.98 Å². The van der Waals surface area contributed by atoms with Gasteiger partial charge >= 0.3 is 0 Å². The number of para-hydroxylation sites is 1. The van der Waals surface area contributed by atoms with E-state index in [0.717, 1.165) is 55.7 Å². The second-order valence-corrected chi connectivity index (χ2v) is 17.5. The molecule has 0 unspecified atom stereocenters. The number of ether oxygens (including phenoxy) is 2. The molecule has 2 aliphatic carbocycles. The summed E-state index contributed by atoms with van der Waals surface area (Å²) in [5.74, 6) is 2.93. The molecule has 0 saturated carbocycles. The van der Waals surface area contributed by atoms with E-state index in [1.54, 1.807) is 0 Å². The summed E-state index contributed by atoms with van der Waals surface area (Å²) in [6.45, 7) is 0. The number of rotatable bonds is 2. The van der Waals surface area contributed by atoms with E-state index >= 15 is 0 Å². The fourth-order valence-corrected chi connectivity index (χ4v) is 11.9. The lowest BCUT2D eigenvalue weighted by Gasteiger charge is -2.33. The highest BCUT2D eigenvalue weighted by molar-refractivity contribution is 6.23. The van der Waals surface area contributed by atoms with Crippen molar-refractivity contribution in [3.05, 3.63) is 229 Å². The molecule has 3 heteroatoms. The molecular weight excluding hydrogens is 779 g/mol. The van der Waals surface area contributed by atoms with Crippen LogP contribution in [0.3, 0.4) is 0 Å². The average molecular weight is 814 g/mol. The number of H-pyrrole nitrogens is 1. The van der Waals surface area contributed by atoms with Gasteiger partial charge in [0.25, 0.3) is 0 Å². The van der Waals surface area contributed by atoms with Gasteiger partial charge in [0.1, 0.15) is 0 Å². The third-order valence-electron chi connectivity index (χ3n) is 14.4. The van der Waals surface area contributed by atoms with Gasteiger partial charge in [-0.15, -0.1) is 0 Å². The number of aromatic nitrogens is 1. The second-order valence-electron chi connectivity index (χ2n) is 17.5. The Morgan fingerprint density at radius 1 is 0.328 bits per heavy atom. The first kappa shape index (κ1) is 34.2. The molecule has 15 rings (SSSR count). The summed E-state index contributed by atoms with van der Waals surface area (Å²) in [6.07, 6.45) is 0. The molecule has 1 N–H and O–H groups in total. The molecule has 1 aliphatic heterocycles. The molecule has 0 amide bonds. The van der Waals surface area contributed by atoms with Crippen LogP contribution in [0.5, 0.6) is 23.0 Å². The molecule has 1 aromatic heterocycles. The van der Waals surface area contributed by atoms with Crippen LogP contribution in [0.4, 0.5) is 0 Å². The highest BCUT2D eigenvalue weighted by Gasteiger charge is 2.54. The zero-order valence-electron chi connectivity index (χ0n) is 34.4. The standard InChI is InChI=1S/C61H35NO2/c1-2-15-36-34-53-48(32-35(36)14-1)47-33-37(28-30-52(47)62-53)56-41-19-3-5-21-43(41)57(44-22-6-4-20-42(44)56)46-23-13-27-54-59(46)63-55-31-29-45-40-18-9-12-26-51(40)61(58(45)60(55)64-54)49-24-10-7-16-38(49)39-17-8-11-25-50(39)61/h1-34,62H. The summed E-state index contributed by atoms with van der Waals surface area (Å²) >= 11 is 0. The summed E-state index contributed by atoms with van der Waals surface area (Å²) in [4.78, 5) is 3.71. The number of benzene rings is 11. The molecule has 0 fully saturated rings. The van der Waals surface area contributed by atoms with Crippen LogP contribution >= 0.6 is 0 Å². The molecule has 3 aliphatic rings. The monoisotopic (exact) mass is 813 g/mol. The molecule has 0 radical (unpaired) electrons. The number of hydrogen-bond acceptors (Lipinski definition) is 2. The van der Waals surface area contributed by atoms with Crippen LogP contribution in [0, 0.1) is 0 Å². The van der Waals surface area contributed by atoms with E-state index in [-0.39, 0.29) is 0 Å². The molecule has 0 bridgehead atoms. The van der Waals surface area contributed by atoms with E-state index in [4.69, 9.17) is 9.47 Å². The Morgan fingerprint density at radius 3 is 1.52 bits per heavy atom. The molecule has 64 heavy (non-hydrogen) atoms. The van der Waals surface area contributed by atoms with Gasteiger partial charge in [-0.2, -0.15) is 0 Å². The predicted molar refractivity (Wildman–Crippen MR) is 262 cm³/mol. The molecule has 3 nitrogen and oxygen atoms in total. The van der Waals surface area contributed by atoms with Gasteiger partial charge in [-0.3, -0.25) is 0 Å². The van der Waals surface area contributed by atoms with Gasteiger partial charge in [0.2, 0.25) is 0 Å². The van der Waals surface area contributed by atoms with Crippen molar-refractivity contribution in [2.24, 2.45) is 0 Å². The maximum atomic E-state index is 7.31. The fourth-order valence-electron chi connectivity index (χ4n) is 11.9. The first-order valence-corrected chi connectivity index (χ1v) is 22.1. The van der Waals surface area contributed by atoms with Crippen molar-refractivity contribution in [2.45, 2.75) is 5.41 Å². The summed E-state index contributed by atoms with van der Waals surface area (Å²) in [5.41, 5.74) is 16.1. The van der Waals surface area contributed by atoms with Gasteiger partial charge in [-0.1, -0.05) is 170 Å². The molecule has 2 heterocycles. The van der Waals surface area contributed by atoms with Crippen molar-refractivity contribution in [3.63, 3.8) is 0 Å². The Kier molecular flexibility index (Phi) is 6.61. The van der Waals surface area contributed by atoms with E-state index in [2.05, 4.69) is 211 Å². The topological polar surface area (TPSA) is 34.2 Å². The van der Waals surface area contributed by atoms with Gasteiger partial charge in [0, 0.05) is 38.5 Å². The van der Waals surface area contributed by atoms with E-state index < -0.39 is 5.41 Å². The van der Waals surface area contributed by atoms with Crippen molar-refractivity contribution in [2.75, 3.05) is 0 Å². The van der Waals surface area contributed by atoms with Crippen molar-refractivity contribution in [3.8, 4) is 67.5 Å². The quantitative estimate of drug-likeness (QED) is 0.176. The number of aromatic amines is 1. The Labute approximate surface area is 368 Å². The van der Waals surface area contributed by atoms with Crippen LogP contribution < -0.4 is 9.47 Å². The third-order valence-corrected chi connectivity index (χ3v) is 14.4. The highest BCUT2D eigenvalue weighted by Crippen LogP contribution is 2.67. The SMILES string of the molecule is c1ccc2c(c1)-c1ccccc1C21c2ccccc2-c2ccc3c(c21)Oc1cccc(-c2c4ccccc4c(-c4ccc5[nH]c6cc7ccccc7cc6c5c4)c4ccccc24)c1O3. The number of nitrogens with one attached hydrogen (secondary N) is 1. The molecule has 1 spiro atoms. The summed E-state index contributed by atoms with van der Waals surface area (Å²) in [6, 6.07) is 75.1. The molecule has 12 aromatic rings. The van der Waals surface area contributed by atoms with E-state index in [1.165, 1.54) is 82.4 Å². The van der Waals surface area contributed by atoms with Crippen LogP contribution in [0.25, 0.3) is 98.6 Å². The lowest BCUT2D eigenvalue weighted by atomic mass is 9.70. The Bertz CT molecular complexity index is 3920. The van der Waals surface area contributed by atoms with Crippen molar-refractivity contribution >= 4 is 54.1 Å². The summed E-state index contributed by atoms with van der Waals surface area (Å²) in [5, 5.41) is 9.62. The van der Waals surface area contributed by atoms with E-state index in [9.17, 15) is 0 Å². The maximum absolute atomic E-state index is 7.31. The maximum Gasteiger partial charge on any atom is 0.177 e. The number of hydrogen-bond donors (Lipinski definition) is 1. The Morgan fingerprint density at radius 2 is 0.844 bits per heavy atom. The van der Waals surface area contributed by atoms with Gasteiger partial charge in [-0.05, 0) is 119 Å². The highest BCUT2D eigenvalue weighted by atomic mass is 16.6. The lowest BCUT2D eigenvalue weighted by molar-refractivity contribution is 0.356. The minimum Gasteiger partial charge on any atom is -0.449 e. The van der Waals surface area contributed by atoms with Crippen molar-refractivity contribution < 1.29 is 9.47 Å². The van der Waals surface area contributed by atoms with Gasteiger partial charge in [-0.25, -0.2) is 0 Å². The Balaban J connectivity index is 0.935. The Hall–Kier alpha value is -8.40. The fraction of sp³-hybridized carbons (Fsp3) is 0.0164. The number of fused-ring (bicyclic) bond motifs is 19. The minimum atomic E-state index is -0.561. The molecular formula is C61H35NO2. The normalized spacial score (nSPS) is 13.7. The largest absolute Gasteiger partial charge is 0.449 e. The molecule has 0 saturated heterocycles. The van der Waals surface area contributed by atoms with Gasteiger partial charge < -0.3 is 14.5 Å². The summed E-state index contributed by atoms with van der Waals surface area (Å²) < 4.78 is 14.6. The molecule has 296 valence electrons. The molecule has 0 atom stereocenters. The van der Waals surface area contributed by atoms with Crippen LogP contribution in [-0.2, 0) is 5.41 Å². The van der Waals surface area contributed by atoms with Crippen LogP contribution in [0.15, 0.2) is 206 Å². The van der Waals surface area contributed by atoms with Gasteiger partial charge in [0.15, 0.2) is 23.0 Å². The first-order valence-electron chi connectivity index (χ1n) is 22.1. The van der Waals surface area contributed by atoms with E-state index in [0.29, 0.717) is 5.75 Å². The van der Waals surface area contributed by atoms with E-state index in [1.807, 2.05) is 0 Å². The zero-order valence-corrected chi connectivity index (χ0v) is 34.4. The first-order chi connectivity index (χ1) is 31.7. The second kappa shape index (κ2) is 12.4. The predicted octanol–water partition coefficient (Wildman–Crippen LogP) is 16.4. The third kappa shape index (κ3) is 4.31. The zero-order chi connectivity index (χ0) is 41.7. The minimum absolute atomic E-state index is 0.561. The molecule has 11 aromatic carbocycles. The van der Waals surface area contributed by atoms with Crippen LogP contribution in [0.2, 0.25) is 0 Å².